The van der Waals surface area contributed by atoms with Crippen molar-refractivity contribution in [3.05, 3.63) is 66.7 Å². The van der Waals surface area contributed by atoms with Crippen molar-refractivity contribution in [2.45, 2.75) is 13.3 Å². The Morgan fingerprint density at radius 2 is 1.19 bits per heavy atom. The minimum absolute atomic E-state index is 0.665. The normalized spacial score (nSPS) is 10.4. The molecule has 3 nitrogen and oxygen atoms in total. The molecule has 0 aliphatic heterocycles. The summed E-state index contributed by atoms with van der Waals surface area (Å²) in [5.41, 5.74) is 4.25. The average Bonchev–Trinajstić information content (AvgIpc) is 2.72. The zero-order chi connectivity index (χ0) is 18.4. The fourth-order valence-corrected chi connectivity index (χ4v) is 2.93. The van der Waals surface area contributed by atoms with Gasteiger partial charge < -0.3 is 14.2 Å². The van der Waals surface area contributed by atoms with Crippen LogP contribution in [-0.2, 0) is 0 Å². The average molecular weight is 348 g/mol. The highest BCUT2D eigenvalue weighted by Gasteiger charge is 2.14. The van der Waals surface area contributed by atoms with Crippen molar-refractivity contribution in [1.29, 1.82) is 0 Å². The molecule has 134 valence electrons. The SMILES string of the molecule is CCCOc1c(-c2cccc(OC)c2)cccc1-c1cccc(OC)c1. The van der Waals surface area contributed by atoms with Gasteiger partial charge in [0.1, 0.15) is 17.2 Å². The van der Waals surface area contributed by atoms with Crippen LogP contribution in [-0.4, -0.2) is 20.8 Å². The van der Waals surface area contributed by atoms with Crippen LogP contribution in [0.3, 0.4) is 0 Å². The molecule has 3 aromatic rings. The van der Waals surface area contributed by atoms with Gasteiger partial charge in [0.05, 0.1) is 20.8 Å². The third-order valence-corrected chi connectivity index (χ3v) is 4.23. The summed E-state index contributed by atoms with van der Waals surface area (Å²) in [7, 11) is 3.36. The molecule has 0 aliphatic carbocycles. The summed E-state index contributed by atoms with van der Waals surface area (Å²) in [6, 6.07) is 22.3. The van der Waals surface area contributed by atoms with E-state index in [4.69, 9.17) is 14.2 Å². The molecule has 0 amide bonds. The molecule has 3 rings (SSSR count). The highest BCUT2D eigenvalue weighted by Crippen LogP contribution is 2.40. The van der Waals surface area contributed by atoms with Crippen molar-refractivity contribution in [2.75, 3.05) is 20.8 Å². The van der Waals surface area contributed by atoms with Crippen molar-refractivity contribution in [3.63, 3.8) is 0 Å². The van der Waals surface area contributed by atoms with Gasteiger partial charge in [-0.2, -0.15) is 0 Å². The van der Waals surface area contributed by atoms with E-state index in [1.807, 2.05) is 36.4 Å². The molecular weight excluding hydrogens is 324 g/mol. The van der Waals surface area contributed by atoms with Crippen LogP contribution in [0.15, 0.2) is 66.7 Å². The van der Waals surface area contributed by atoms with Crippen LogP contribution >= 0.6 is 0 Å². The van der Waals surface area contributed by atoms with E-state index >= 15 is 0 Å². The highest BCUT2D eigenvalue weighted by molar-refractivity contribution is 5.83. The first-order valence-corrected chi connectivity index (χ1v) is 8.81. The van der Waals surface area contributed by atoms with Crippen LogP contribution in [0.25, 0.3) is 22.3 Å². The maximum atomic E-state index is 6.19. The van der Waals surface area contributed by atoms with E-state index in [0.29, 0.717) is 6.61 Å². The van der Waals surface area contributed by atoms with E-state index < -0.39 is 0 Å². The molecule has 0 bridgehead atoms. The van der Waals surface area contributed by atoms with Crippen LogP contribution in [0.1, 0.15) is 13.3 Å². The number of ether oxygens (including phenoxy) is 3. The van der Waals surface area contributed by atoms with Gasteiger partial charge in [-0.25, -0.2) is 0 Å². The quantitative estimate of drug-likeness (QED) is 0.538. The molecule has 3 heteroatoms. The molecule has 0 aromatic heterocycles. The zero-order valence-corrected chi connectivity index (χ0v) is 15.5. The number of benzene rings is 3. The maximum absolute atomic E-state index is 6.19. The van der Waals surface area contributed by atoms with Gasteiger partial charge in [0.2, 0.25) is 0 Å². The fraction of sp³-hybridized carbons (Fsp3) is 0.217. The molecule has 0 N–H and O–H groups in total. The molecule has 26 heavy (non-hydrogen) atoms. The van der Waals surface area contributed by atoms with Crippen molar-refractivity contribution in [2.24, 2.45) is 0 Å². The maximum Gasteiger partial charge on any atom is 0.134 e. The third-order valence-electron chi connectivity index (χ3n) is 4.23. The largest absolute Gasteiger partial charge is 0.497 e. The first-order valence-electron chi connectivity index (χ1n) is 8.81. The number of hydrogen-bond acceptors (Lipinski definition) is 3. The predicted octanol–water partition coefficient (Wildman–Crippen LogP) is 5.83. The Morgan fingerprint density at radius 3 is 1.65 bits per heavy atom. The van der Waals surface area contributed by atoms with Gasteiger partial charge in [-0.15, -0.1) is 0 Å². The first-order chi connectivity index (χ1) is 12.8. The number of hydrogen-bond donors (Lipinski definition) is 0. The molecule has 0 aliphatic rings. The molecule has 0 saturated heterocycles. The molecule has 0 fully saturated rings. The summed E-state index contributed by atoms with van der Waals surface area (Å²) in [5, 5.41) is 0. The number of methoxy groups -OCH3 is 2. The van der Waals surface area contributed by atoms with Gasteiger partial charge in [0.25, 0.3) is 0 Å². The van der Waals surface area contributed by atoms with E-state index in [1.165, 1.54) is 0 Å². The third kappa shape index (κ3) is 3.83. The summed E-state index contributed by atoms with van der Waals surface area (Å²) in [6.45, 7) is 2.78. The predicted molar refractivity (Wildman–Crippen MR) is 106 cm³/mol. The Bertz CT molecular complexity index is 805. The molecule has 0 saturated carbocycles. The van der Waals surface area contributed by atoms with E-state index in [-0.39, 0.29) is 0 Å². The Balaban J connectivity index is 2.15. The minimum Gasteiger partial charge on any atom is -0.497 e. The monoisotopic (exact) mass is 348 g/mol. The summed E-state index contributed by atoms with van der Waals surface area (Å²) < 4.78 is 17.0. The Labute approximate surface area is 155 Å². The van der Waals surface area contributed by atoms with Gasteiger partial charge in [-0.3, -0.25) is 0 Å². The standard InChI is InChI=1S/C23H24O3/c1-4-14-26-23-21(17-8-5-10-19(15-17)24-2)12-7-13-22(23)18-9-6-11-20(16-18)25-3/h5-13,15-16H,4,14H2,1-3H3. The van der Waals surface area contributed by atoms with Gasteiger partial charge in [0.15, 0.2) is 0 Å². The Hall–Kier alpha value is -2.94. The molecule has 0 unspecified atom stereocenters. The van der Waals surface area contributed by atoms with E-state index in [2.05, 4.69) is 37.3 Å². The highest BCUT2D eigenvalue weighted by atomic mass is 16.5. The molecule has 0 radical (unpaired) electrons. The Kier molecular flexibility index (Phi) is 5.80. The molecule has 0 heterocycles. The number of rotatable bonds is 7. The van der Waals surface area contributed by atoms with Crippen molar-refractivity contribution >= 4 is 0 Å². The zero-order valence-electron chi connectivity index (χ0n) is 15.5. The van der Waals surface area contributed by atoms with Crippen LogP contribution < -0.4 is 14.2 Å². The molecule has 3 aromatic carbocycles. The lowest BCUT2D eigenvalue weighted by atomic mass is 9.97. The van der Waals surface area contributed by atoms with Crippen LogP contribution in [0.5, 0.6) is 17.2 Å². The summed E-state index contributed by atoms with van der Waals surface area (Å²) in [6.07, 6.45) is 0.948. The van der Waals surface area contributed by atoms with E-state index in [0.717, 1.165) is 45.9 Å². The summed E-state index contributed by atoms with van der Waals surface area (Å²) in [5.74, 6) is 2.54. The first kappa shape index (κ1) is 17.9. The Morgan fingerprint density at radius 1 is 0.692 bits per heavy atom. The minimum atomic E-state index is 0.665. The van der Waals surface area contributed by atoms with Crippen molar-refractivity contribution in [1.82, 2.24) is 0 Å². The van der Waals surface area contributed by atoms with Gasteiger partial charge in [-0.05, 0) is 41.8 Å². The van der Waals surface area contributed by atoms with Gasteiger partial charge >= 0.3 is 0 Å². The van der Waals surface area contributed by atoms with Crippen LogP contribution in [0.4, 0.5) is 0 Å². The van der Waals surface area contributed by atoms with Crippen molar-refractivity contribution in [3.8, 4) is 39.5 Å². The summed E-state index contributed by atoms with van der Waals surface area (Å²) >= 11 is 0. The lowest BCUT2D eigenvalue weighted by molar-refractivity contribution is 0.320. The summed E-state index contributed by atoms with van der Waals surface area (Å²) in [4.78, 5) is 0. The lowest BCUT2D eigenvalue weighted by Gasteiger charge is -2.17. The molecule has 0 atom stereocenters. The van der Waals surface area contributed by atoms with Gasteiger partial charge in [-0.1, -0.05) is 49.4 Å². The van der Waals surface area contributed by atoms with E-state index in [9.17, 15) is 0 Å². The molecular formula is C23H24O3. The van der Waals surface area contributed by atoms with Crippen LogP contribution in [0, 0.1) is 0 Å². The van der Waals surface area contributed by atoms with E-state index in [1.54, 1.807) is 14.2 Å². The number of para-hydroxylation sites is 1. The fourth-order valence-electron chi connectivity index (χ4n) is 2.93. The smallest absolute Gasteiger partial charge is 0.134 e. The topological polar surface area (TPSA) is 27.7 Å². The molecule has 0 spiro atoms. The second kappa shape index (κ2) is 8.43. The second-order valence-electron chi connectivity index (χ2n) is 5.99. The lowest BCUT2D eigenvalue weighted by Crippen LogP contribution is -1.99. The van der Waals surface area contributed by atoms with Crippen molar-refractivity contribution < 1.29 is 14.2 Å². The second-order valence-corrected chi connectivity index (χ2v) is 5.99. The van der Waals surface area contributed by atoms with Gasteiger partial charge in [0, 0.05) is 11.1 Å². The van der Waals surface area contributed by atoms with Crippen LogP contribution in [0.2, 0.25) is 0 Å².